The van der Waals surface area contributed by atoms with E-state index in [1.165, 1.54) is 6.21 Å². The van der Waals surface area contributed by atoms with E-state index in [1.807, 2.05) is 6.07 Å². The first-order valence-electron chi connectivity index (χ1n) is 7.96. The van der Waals surface area contributed by atoms with Crippen LogP contribution < -0.4 is 20.2 Å². The molecule has 0 saturated carbocycles. The highest BCUT2D eigenvalue weighted by Gasteiger charge is 2.15. The lowest BCUT2D eigenvalue weighted by Crippen LogP contribution is -2.43. The van der Waals surface area contributed by atoms with Crippen LogP contribution in [-0.2, 0) is 4.79 Å². The summed E-state index contributed by atoms with van der Waals surface area (Å²) in [6.45, 7) is 1.58. The molecule has 0 heterocycles. The van der Waals surface area contributed by atoms with Crippen LogP contribution in [0.25, 0.3) is 0 Å². The maximum atomic E-state index is 12.1. The lowest BCUT2D eigenvalue weighted by Gasteiger charge is -2.12. The molecular weight excluding hydrogens is 334 g/mol. The zero-order valence-electron chi connectivity index (χ0n) is 14.9. The van der Waals surface area contributed by atoms with Gasteiger partial charge in [0, 0.05) is 11.1 Å². The Morgan fingerprint density at radius 2 is 1.81 bits per heavy atom. The summed E-state index contributed by atoms with van der Waals surface area (Å²) in [6.07, 6.45) is 1.45. The van der Waals surface area contributed by atoms with Gasteiger partial charge >= 0.3 is 0 Å². The number of hydrazone groups is 1. The highest BCUT2D eigenvalue weighted by Crippen LogP contribution is 2.22. The van der Waals surface area contributed by atoms with Gasteiger partial charge in [0.1, 0.15) is 17.5 Å². The van der Waals surface area contributed by atoms with E-state index >= 15 is 0 Å². The SMILES string of the molecule is COc1ccc(OC)c(/C=N\NC(=O)[C@H](C)NC(=O)c2ccccc2)c1. The van der Waals surface area contributed by atoms with Crippen molar-refractivity contribution >= 4 is 18.0 Å². The fourth-order valence-electron chi connectivity index (χ4n) is 2.14. The third-order valence-corrected chi connectivity index (χ3v) is 3.59. The van der Waals surface area contributed by atoms with Crippen molar-refractivity contribution in [3.05, 3.63) is 59.7 Å². The van der Waals surface area contributed by atoms with Gasteiger partial charge in [-0.05, 0) is 37.3 Å². The van der Waals surface area contributed by atoms with Crippen molar-refractivity contribution in [3.63, 3.8) is 0 Å². The van der Waals surface area contributed by atoms with Gasteiger partial charge < -0.3 is 14.8 Å². The molecule has 26 heavy (non-hydrogen) atoms. The number of carbonyl (C=O) groups excluding carboxylic acids is 2. The Kier molecular flexibility index (Phi) is 6.73. The lowest BCUT2D eigenvalue weighted by molar-refractivity contribution is -0.122. The monoisotopic (exact) mass is 355 g/mol. The highest BCUT2D eigenvalue weighted by atomic mass is 16.5. The topological polar surface area (TPSA) is 89.0 Å². The largest absolute Gasteiger partial charge is 0.497 e. The number of carbonyl (C=O) groups is 2. The van der Waals surface area contributed by atoms with E-state index in [0.29, 0.717) is 22.6 Å². The summed E-state index contributed by atoms with van der Waals surface area (Å²) in [4.78, 5) is 24.1. The molecule has 7 nitrogen and oxygen atoms in total. The molecule has 0 aliphatic carbocycles. The molecule has 1 atom stereocenters. The van der Waals surface area contributed by atoms with E-state index < -0.39 is 11.9 Å². The van der Waals surface area contributed by atoms with Crippen LogP contribution in [0.4, 0.5) is 0 Å². The van der Waals surface area contributed by atoms with E-state index in [-0.39, 0.29) is 5.91 Å². The fourth-order valence-corrected chi connectivity index (χ4v) is 2.14. The Balaban J connectivity index is 1.95. The minimum atomic E-state index is -0.743. The lowest BCUT2D eigenvalue weighted by atomic mass is 10.2. The highest BCUT2D eigenvalue weighted by molar-refractivity contribution is 5.97. The fraction of sp³-hybridized carbons (Fsp3) is 0.211. The zero-order chi connectivity index (χ0) is 18.9. The molecule has 0 spiro atoms. The molecule has 7 heteroatoms. The minimum Gasteiger partial charge on any atom is -0.497 e. The van der Waals surface area contributed by atoms with Crippen LogP contribution in [-0.4, -0.2) is 38.3 Å². The summed E-state index contributed by atoms with van der Waals surface area (Å²) >= 11 is 0. The molecule has 136 valence electrons. The predicted molar refractivity (Wildman–Crippen MR) is 98.7 cm³/mol. The van der Waals surface area contributed by atoms with Crippen LogP contribution in [0, 0.1) is 0 Å². The van der Waals surface area contributed by atoms with Crippen molar-refractivity contribution in [2.75, 3.05) is 14.2 Å². The standard InChI is InChI=1S/C19H21N3O4/c1-13(21-19(24)14-7-5-4-6-8-14)18(23)22-20-12-15-11-16(25-2)9-10-17(15)26-3/h4-13H,1-3H3,(H,21,24)(H,22,23)/b20-12-/t13-/m0/s1. The van der Waals surface area contributed by atoms with Gasteiger partial charge in [-0.1, -0.05) is 18.2 Å². The van der Waals surface area contributed by atoms with Gasteiger partial charge in [-0.15, -0.1) is 0 Å². The van der Waals surface area contributed by atoms with E-state index in [2.05, 4.69) is 15.8 Å². The number of nitrogens with zero attached hydrogens (tertiary/aromatic N) is 1. The van der Waals surface area contributed by atoms with Crippen molar-refractivity contribution in [1.29, 1.82) is 0 Å². The summed E-state index contributed by atoms with van der Waals surface area (Å²) in [5.74, 6) is 0.468. The molecule has 0 radical (unpaired) electrons. The molecule has 0 unspecified atom stereocenters. The van der Waals surface area contributed by atoms with Crippen LogP contribution in [0.2, 0.25) is 0 Å². The van der Waals surface area contributed by atoms with Crippen LogP contribution in [0.1, 0.15) is 22.8 Å². The molecule has 2 aromatic carbocycles. The maximum Gasteiger partial charge on any atom is 0.262 e. The first kappa shape index (κ1) is 19.0. The molecule has 2 N–H and O–H groups in total. The molecule has 2 aromatic rings. The Bertz CT molecular complexity index is 791. The van der Waals surface area contributed by atoms with Gasteiger partial charge in [0.2, 0.25) is 0 Å². The number of hydrogen-bond donors (Lipinski definition) is 2. The van der Waals surface area contributed by atoms with Crippen molar-refractivity contribution < 1.29 is 19.1 Å². The predicted octanol–water partition coefficient (Wildman–Crippen LogP) is 1.97. The second-order valence-corrected chi connectivity index (χ2v) is 5.40. The normalized spacial score (nSPS) is 11.7. The molecule has 0 aromatic heterocycles. The number of benzene rings is 2. The van der Waals surface area contributed by atoms with Gasteiger partial charge in [-0.25, -0.2) is 5.43 Å². The Morgan fingerprint density at radius 3 is 2.46 bits per heavy atom. The van der Waals surface area contributed by atoms with Gasteiger partial charge in [0.25, 0.3) is 11.8 Å². The molecular formula is C19H21N3O4. The first-order valence-corrected chi connectivity index (χ1v) is 7.96. The summed E-state index contributed by atoms with van der Waals surface area (Å²) in [5, 5.41) is 6.53. The van der Waals surface area contributed by atoms with E-state index in [1.54, 1.807) is 63.6 Å². The Labute approximate surface area is 152 Å². The molecule has 2 rings (SSSR count). The summed E-state index contributed by atoms with van der Waals surface area (Å²) in [7, 11) is 3.10. The van der Waals surface area contributed by atoms with Crippen molar-refractivity contribution in [2.24, 2.45) is 5.10 Å². The minimum absolute atomic E-state index is 0.327. The van der Waals surface area contributed by atoms with Gasteiger partial charge in [-0.3, -0.25) is 9.59 Å². The third kappa shape index (κ3) is 5.07. The summed E-state index contributed by atoms with van der Waals surface area (Å²) < 4.78 is 10.4. The number of rotatable bonds is 7. The molecule has 0 bridgehead atoms. The quantitative estimate of drug-likeness (QED) is 0.587. The molecule has 0 fully saturated rings. The average molecular weight is 355 g/mol. The van der Waals surface area contributed by atoms with Crippen molar-refractivity contribution in [2.45, 2.75) is 13.0 Å². The molecule has 0 aliphatic heterocycles. The van der Waals surface area contributed by atoms with Crippen molar-refractivity contribution in [1.82, 2.24) is 10.7 Å². The number of nitrogens with one attached hydrogen (secondary N) is 2. The van der Waals surface area contributed by atoms with E-state index in [0.717, 1.165) is 0 Å². The molecule has 0 aliphatic rings. The zero-order valence-corrected chi connectivity index (χ0v) is 14.9. The van der Waals surface area contributed by atoms with E-state index in [4.69, 9.17) is 9.47 Å². The Hall–Kier alpha value is -3.35. The number of methoxy groups -OCH3 is 2. The van der Waals surface area contributed by atoms with Gasteiger partial charge in [-0.2, -0.15) is 5.10 Å². The second kappa shape index (κ2) is 9.22. The van der Waals surface area contributed by atoms with Crippen molar-refractivity contribution in [3.8, 4) is 11.5 Å². The smallest absolute Gasteiger partial charge is 0.262 e. The summed E-state index contributed by atoms with van der Waals surface area (Å²) in [5.41, 5.74) is 3.53. The second-order valence-electron chi connectivity index (χ2n) is 5.40. The average Bonchev–Trinajstić information content (AvgIpc) is 2.68. The maximum absolute atomic E-state index is 12.1. The summed E-state index contributed by atoms with van der Waals surface area (Å²) in [6, 6.07) is 13.2. The molecule has 2 amide bonds. The van der Waals surface area contributed by atoms with Crippen LogP contribution in [0.15, 0.2) is 53.6 Å². The molecule has 0 saturated heterocycles. The van der Waals surface area contributed by atoms with Gasteiger partial charge in [0.05, 0.1) is 20.4 Å². The van der Waals surface area contributed by atoms with Crippen LogP contribution >= 0.6 is 0 Å². The Morgan fingerprint density at radius 1 is 1.08 bits per heavy atom. The third-order valence-electron chi connectivity index (χ3n) is 3.59. The number of amides is 2. The van der Waals surface area contributed by atoms with Crippen LogP contribution in [0.3, 0.4) is 0 Å². The van der Waals surface area contributed by atoms with Gasteiger partial charge in [0.15, 0.2) is 0 Å². The first-order chi connectivity index (χ1) is 12.5. The number of hydrogen-bond acceptors (Lipinski definition) is 5. The van der Waals surface area contributed by atoms with E-state index in [9.17, 15) is 9.59 Å². The number of ether oxygens (including phenoxy) is 2. The van der Waals surface area contributed by atoms with Crippen LogP contribution in [0.5, 0.6) is 11.5 Å².